The van der Waals surface area contributed by atoms with Gasteiger partial charge in [0.15, 0.2) is 11.4 Å². The third kappa shape index (κ3) is 4.22. The highest BCUT2D eigenvalue weighted by Gasteiger charge is 2.28. The number of hydrogen-bond donors (Lipinski definition) is 0. The van der Waals surface area contributed by atoms with Crippen LogP contribution in [0, 0.1) is 27.3 Å². The standard InChI is InChI=1S/C37H39N2O/c1-22(2)26-14-16-28(17-15-26)35-32(38-6)20-19-30-29-18-13-23(3)34(36(29)40-37(30)35)33-21-31(24(4)25(5)39(33)7)27-11-9-8-10-12-27/h13-22,27H,8-12H2,1-5,7H3/q+1. The topological polar surface area (TPSA) is 21.4 Å². The maximum absolute atomic E-state index is 7.94. The highest BCUT2D eigenvalue weighted by Crippen LogP contribution is 2.45. The normalized spacial score (nSPS) is 14.3. The van der Waals surface area contributed by atoms with E-state index in [2.05, 4.69) is 99.6 Å². The maximum atomic E-state index is 7.94. The molecule has 6 rings (SSSR count). The first-order valence-corrected chi connectivity index (χ1v) is 14.8. The van der Waals surface area contributed by atoms with Gasteiger partial charge in [-0.2, -0.15) is 4.57 Å². The van der Waals surface area contributed by atoms with E-state index in [9.17, 15) is 0 Å². The van der Waals surface area contributed by atoms with Crippen molar-refractivity contribution in [3.8, 4) is 22.4 Å². The summed E-state index contributed by atoms with van der Waals surface area (Å²) in [6, 6.07) is 19.5. The largest absolute Gasteiger partial charge is 0.456 e. The molecule has 1 saturated carbocycles. The summed E-state index contributed by atoms with van der Waals surface area (Å²) in [7, 11) is 2.18. The first-order valence-electron chi connectivity index (χ1n) is 14.8. The lowest BCUT2D eigenvalue weighted by Crippen LogP contribution is -2.36. The van der Waals surface area contributed by atoms with Gasteiger partial charge in [0, 0.05) is 34.9 Å². The Balaban J connectivity index is 1.62. The number of benzene rings is 3. The highest BCUT2D eigenvalue weighted by molar-refractivity contribution is 6.15. The van der Waals surface area contributed by atoms with Crippen LogP contribution in [0.15, 0.2) is 59.0 Å². The van der Waals surface area contributed by atoms with Gasteiger partial charge in [0.2, 0.25) is 5.69 Å². The van der Waals surface area contributed by atoms with Gasteiger partial charge in [0.05, 0.1) is 12.1 Å². The molecule has 0 spiro atoms. The van der Waals surface area contributed by atoms with Crippen LogP contribution in [0.2, 0.25) is 0 Å². The fourth-order valence-corrected chi connectivity index (χ4v) is 6.79. The molecule has 0 amide bonds. The molecule has 1 aliphatic carbocycles. The van der Waals surface area contributed by atoms with Crippen LogP contribution in [-0.4, -0.2) is 0 Å². The minimum Gasteiger partial charge on any atom is -0.456 e. The van der Waals surface area contributed by atoms with Gasteiger partial charge in [0.1, 0.15) is 18.2 Å². The van der Waals surface area contributed by atoms with Gasteiger partial charge in [-0.3, -0.25) is 0 Å². The van der Waals surface area contributed by atoms with Crippen molar-refractivity contribution in [2.75, 3.05) is 0 Å². The zero-order chi connectivity index (χ0) is 28.1. The Bertz CT molecular complexity index is 1790. The summed E-state index contributed by atoms with van der Waals surface area (Å²) in [6.45, 7) is 19.1. The number of hydrogen-bond acceptors (Lipinski definition) is 1. The van der Waals surface area contributed by atoms with Crippen LogP contribution in [0.4, 0.5) is 5.69 Å². The monoisotopic (exact) mass is 527 g/mol. The van der Waals surface area contributed by atoms with Crippen molar-refractivity contribution in [1.29, 1.82) is 0 Å². The third-order valence-corrected chi connectivity index (χ3v) is 9.42. The van der Waals surface area contributed by atoms with Crippen molar-refractivity contribution in [3.63, 3.8) is 0 Å². The molecule has 0 N–H and O–H groups in total. The number of rotatable bonds is 4. The van der Waals surface area contributed by atoms with Crippen molar-refractivity contribution >= 4 is 27.6 Å². The first-order chi connectivity index (χ1) is 19.3. The van der Waals surface area contributed by atoms with E-state index in [1.165, 1.54) is 65.7 Å². The van der Waals surface area contributed by atoms with Crippen molar-refractivity contribution < 1.29 is 8.98 Å². The molecule has 2 aromatic heterocycles. The summed E-state index contributed by atoms with van der Waals surface area (Å²) in [6.07, 6.45) is 6.55. The molecule has 0 unspecified atom stereocenters. The molecule has 0 aliphatic heterocycles. The smallest absolute Gasteiger partial charge is 0.216 e. The van der Waals surface area contributed by atoms with Crippen LogP contribution >= 0.6 is 0 Å². The Kier molecular flexibility index (Phi) is 6.75. The van der Waals surface area contributed by atoms with Crippen LogP contribution in [-0.2, 0) is 7.05 Å². The Hall–Kier alpha value is -3.90. The second kappa shape index (κ2) is 10.3. The Morgan fingerprint density at radius 3 is 2.15 bits per heavy atom. The summed E-state index contributed by atoms with van der Waals surface area (Å²) in [5, 5.41) is 2.16. The van der Waals surface area contributed by atoms with Gasteiger partial charge < -0.3 is 4.42 Å². The van der Waals surface area contributed by atoms with Crippen molar-refractivity contribution in [1.82, 2.24) is 0 Å². The third-order valence-electron chi connectivity index (χ3n) is 9.42. The molecule has 40 heavy (non-hydrogen) atoms. The Morgan fingerprint density at radius 1 is 0.850 bits per heavy atom. The van der Waals surface area contributed by atoms with E-state index in [1.807, 2.05) is 6.07 Å². The average molecular weight is 528 g/mol. The quantitative estimate of drug-likeness (QED) is 0.168. The van der Waals surface area contributed by atoms with Crippen molar-refractivity contribution in [3.05, 3.63) is 94.0 Å². The van der Waals surface area contributed by atoms with Gasteiger partial charge in [-0.05, 0) is 60.8 Å². The number of pyridine rings is 1. The summed E-state index contributed by atoms with van der Waals surface area (Å²) < 4.78 is 9.22. The van der Waals surface area contributed by atoms with E-state index >= 15 is 0 Å². The molecule has 0 bridgehead atoms. The number of nitrogens with zero attached hydrogens (tertiary/aromatic N) is 2. The summed E-state index contributed by atoms with van der Waals surface area (Å²) in [4.78, 5) is 3.91. The predicted molar refractivity (Wildman–Crippen MR) is 166 cm³/mol. The predicted octanol–water partition coefficient (Wildman–Crippen LogP) is 10.4. The Morgan fingerprint density at radius 2 is 1.50 bits per heavy atom. The number of aromatic nitrogens is 1. The van der Waals surface area contributed by atoms with Crippen molar-refractivity contribution in [2.24, 2.45) is 7.05 Å². The molecule has 0 atom stereocenters. The molecule has 5 aromatic rings. The molecule has 3 aromatic carbocycles. The van der Waals surface area contributed by atoms with Crippen LogP contribution in [0.3, 0.4) is 0 Å². The minimum absolute atomic E-state index is 0.458. The lowest BCUT2D eigenvalue weighted by atomic mass is 9.81. The van der Waals surface area contributed by atoms with Crippen LogP contribution in [0.5, 0.6) is 0 Å². The molecule has 3 heteroatoms. The van der Waals surface area contributed by atoms with Gasteiger partial charge >= 0.3 is 0 Å². The fraction of sp³-hybridized carbons (Fsp3) is 0.351. The van der Waals surface area contributed by atoms with E-state index in [0.717, 1.165) is 38.6 Å². The lowest BCUT2D eigenvalue weighted by molar-refractivity contribution is -0.667. The molecule has 3 nitrogen and oxygen atoms in total. The van der Waals surface area contributed by atoms with Gasteiger partial charge in [0.25, 0.3) is 0 Å². The van der Waals surface area contributed by atoms with E-state index in [0.29, 0.717) is 17.5 Å². The SMILES string of the molecule is [C-]#[N+]c1ccc2c(oc3c(-c4cc(C5CCCCC5)c(C)c(C)[n+]4C)c(C)ccc32)c1-c1ccc(C(C)C)cc1. The van der Waals surface area contributed by atoms with Gasteiger partial charge in [-0.1, -0.05) is 81.6 Å². The first kappa shape index (κ1) is 26.3. The zero-order valence-electron chi connectivity index (χ0n) is 24.7. The van der Waals surface area contributed by atoms with Gasteiger partial charge in [-0.15, -0.1) is 0 Å². The summed E-state index contributed by atoms with van der Waals surface area (Å²) >= 11 is 0. The summed E-state index contributed by atoms with van der Waals surface area (Å²) in [5.41, 5.74) is 13.3. The molecule has 1 aliphatic rings. The lowest BCUT2D eigenvalue weighted by Gasteiger charge is -2.24. The van der Waals surface area contributed by atoms with Crippen LogP contribution in [0.25, 0.3) is 49.2 Å². The molecular formula is C37H39N2O+. The molecule has 0 radical (unpaired) electrons. The Labute approximate surface area is 238 Å². The van der Waals surface area contributed by atoms with Crippen LogP contribution in [0.1, 0.15) is 85.7 Å². The molecular weight excluding hydrogens is 488 g/mol. The number of furan rings is 1. The van der Waals surface area contributed by atoms with Crippen molar-refractivity contribution in [2.45, 2.75) is 78.6 Å². The molecule has 202 valence electrons. The minimum atomic E-state index is 0.458. The average Bonchev–Trinajstić information content (AvgIpc) is 3.35. The van der Waals surface area contributed by atoms with E-state index in [1.54, 1.807) is 0 Å². The van der Waals surface area contributed by atoms with E-state index in [4.69, 9.17) is 11.0 Å². The summed E-state index contributed by atoms with van der Waals surface area (Å²) in [5.74, 6) is 1.09. The fourth-order valence-electron chi connectivity index (χ4n) is 6.79. The van der Waals surface area contributed by atoms with Crippen LogP contribution < -0.4 is 4.57 Å². The highest BCUT2D eigenvalue weighted by atomic mass is 16.3. The second-order valence-corrected chi connectivity index (χ2v) is 12.1. The molecule has 2 heterocycles. The number of aryl methyl sites for hydroxylation is 1. The molecule has 1 fully saturated rings. The zero-order valence-corrected chi connectivity index (χ0v) is 24.7. The van der Waals surface area contributed by atoms with Gasteiger partial charge in [-0.25, -0.2) is 4.85 Å². The maximum Gasteiger partial charge on any atom is 0.216 e. The second-order valence-electron chi connectivity index (χ2n) is 12.1. The molecule has 0 saturated heterocycles. The van der Waals surface area contributed by atoms with E-state index in [-0.39, 0.29) is 0 Å². The van der Waals surface area contributed by atoms with E-state index < -0.39 is 0 Å². The number of fused-ring (bicyclic) bond motifs is 3.